The second-order valence-electron chi connectivity index (χ2n) is 11.6. The minimum absolute atomic E-state index is 0.0255. The van der Waals surface area contributed by atoms with Crippen LogP contribution in [0.4, 0.5) is 26.3 Å². The molecule has 47 heavy (non-hydrogen) atoms. The minimum Gasteiger partial charge on any atom is -0.542 e. The first kappa shape index (κ1) is 48.7. The fourth-order valence-electron chi connectivity index (χ4n) is 4.22. The molecule has 2 atom stereocenters. The second kappa shape index (κ2) is 26.3. The summed E-state index contributed by atoms with van der Waals surface area (Å²) < 4.78 is 64.0. The van der Waals surface area contributed by atoms with Crippen molar-refractivity contribution in [3.8, 4) is 0 Å². The Morgan fingerprint density at radius 1 is 0.574 bits per heavy atom. The molecule has 0 bridgehead atoms. The lowest BCUT2D eigenvalue weighted by molar-refractivity contribution is -0.921. The third-order valence-electron chi connectivity index (χ3n) is 6.89. The van der Waals surface area contributed by atoms with Crippen LogP contribution in [0.15, 0.2) is 0 Å². The van der Waals surface area contributed by atoms with Gasteiger partial charge in [-0.15, -0.1) is 0 Å². The summed E-state index contributed by atoms with van der Waals surface area (Å²) >= 11 is 0. The standard InChI is InChI=1S/C25H52N4O4.2C2HF3O2/c1-5-7-9-11-14-26-24(32)22-28(3,18-20-30)16-13-17-29(4,19-21-31)23-25(33)27-15-12-10-8-6-2;2*3-2(4,5)1(6)7/h30-31H,5-23H2,1-4H3;2*(H,6,7). The number of hydrogen-bond donors (Lipinski definition) is 4. The average molecular weight is 701 g/mol. The van der Waals surface area contributed by atoms with E-state index in [9.17, 15) is 46.1 Å². The Labute approximate surface area is 273 Å². The molecule has 0 aliphatic carbocycles. The molecule has 0 aliphatic rings. The van der Waals surface area contributed by atoms with E-state index in [0.717, 1.165) is 45.2 Å². The molecular formula is C29H54F6N4O8. The number of quaternary nitrogens is 2. The SMILES string of the molecule is CCCCCCNC(=O)C[N+](C)(CCO)CCC[N+](C)(CCO)CC(=O)NCCCCCC.O=C([O-])C(F)(F)F.O=C([O-])C(F)(F)F. The van der Waals surface area contributed by atoms with Crippen LogP contribution in [0.2, 0.25) is 0 Å². The van der Waals surface area contributed by atoms with E-state index in [4.69, 9.17) is 19.8 Å². The lowest BCUT2D eigenvalue weighted by Gasteiger charge is -2.37. The molecule has 0 spiro atoms. The number of aliphatic carboxylic acids is 2. The molecule has 2 amide bonds. The van der Waals surface area contributed by atoms with Gasteiger partial charge >= 0.3 is 12.4 Å². The molecule has 0 fully saturated rings. The number of nitrogens with one attached hydrogen (secondary N) is 2. The van der Waals surface area contributed by atoms with Gasteiger partial charge in [-0.3, -0.25) is 9.59 Å². The Bertz CT molecular complexity index is 813. The van der Waals surface area contributed by atoms with Crippen LogP contribution in [-0.2, 0) is 19.2 Å². The molecule has 0 aliphatic heterocycles. The van der Waals surface area contributed by atoms with E-state index in [0.29, 0.717) is 48.2 Å². The van der Waals surface area contributed by atoms with Gasteiger partial charge in [-0.25, -0.2) is 0 Å². The molecule has 0 radical (unpaired) electrons. The molecule has 2 unspecified atom stereocenters. The predicted octanol–water partition coefficient (Wildman–Crippen LogP) is 0.245. The molecule has 4 N–H and O–H groups in total. The molecule has 18 heteroatoms. The van der Waals surface area contributed by atoms with Crippen molar-refractivity contribution in [1.82, 2.24) is 10.6 Å². The summed E-state index contributed by atoms with van der Waals surface area (Å²) in [6, 6.07) is 0. The number of carbonyl (C=O) groups excluding carboxylic acids is 4. The summed E-state index contributed by atoms with van der Waals surface area (Å²) in [6.45, 7) is 9.01. The van der Waals surface area contributed by atoms with Crippen LogP contribution in [-0.4, -0.2) is 135 Å². The molecule has 0 aromatic heterocycles. The fraction of sp³-hybridized carbons (Fsp3) is 0.862. The van der Waals surface area contributed by atoms with Crippen LogP contribution in [0.5, 0.6) is 0 Å². The Balaban J connectivity index is -0.00000114. The number of unbranched alkanes of at least 4 members (excludes halogenated alkanes) is 6. The molecule has 12 nitrogen and oxygen atoms in total. The van der Waals surface area contributed by atoms with Gasteiger partial charge in [-0.2, -0.15) is 26.3 Å². The summed E-state index contributed by atoms with van der Waals surface area (Å²) in [7, 11) is 4.01. The molecule has 0 saturated heterocycles. The van der Waals surface area contributed by atoms with Crippen molar-refractivity contribution < 1.29 is 74.9 Å². The van der Waals surface area contributed by atoms with E-state index < -0.39 is 24.3 Å². The van der Waals surface area contributed by atoms with Crippen molar-refractivity contribution >= 4 is 23.8 Å². The third kappa shape index (κ3) is 30.4. The maximum atomic E-state index is 12.4. The Kier molecular flexibility index (Phi) is 27.2. The van der Waals surface area contributed by atoms with E-state index in [1.54, 1.807) is 0 Å². The van der Waals surface area contributed by atoms with Gasteiger partial charge in [0.05, 0.1) is 40.4 Å². The predicted molar refractivity (Wildman–Crippen MR) is 157 cm³/mol. The van der Waals surface area contributed by atoms with Gasteiger partial charge in [0.15, 0.2) is 13.1 Å². The first-order valence-corrected chi connectivity index (χ1v) is 15.6. The van der Waals surface area contributed by atoms with Crippen LogP contribution >= 0.6 is 0 Å². The molecule has 0 aromatic carbocycles. The van der Waals surface area contributed by atoms with Gasteiger partial charge in [0.1, 0.15) is 25.0 Å². The number of likely N-dealkylation sites (N-methyl/N-ethyl adjacent to an activating group) is 2. The quantitative estimate of drug-likeness (QED) is 0.0705. The summed E-state index contributed by atoms with van der Waals surface area (Å²) in [4.78, 5) is 42.5. The van der Waals surface area contributed by atoms with Gasteiger partial charge < -0.3 is 49.6 Å². The monoisotopic (exact) mass is 700 g/mol. The van der Waals surface area contributed by atoms with Crippen LogP contribution in [0.25, 0.3) is 0 Å². The van der Waals surface area contributed by atoms with Gasteiger partial charge in [0.2, 0.25) is 0 Å². The number of aliphatic hydroxyl groups excluding tert-OH is 2. The Morgan fingerprint density at radius 2 is 0.872 bits per heavy atom. The van der Waals surface area contributed by atoms with E-state index in [2.05, 4.69) is 24.5 Å². The van der Waals surface area contributed by atoms with Crippen molar-refractivity contribution in [3.05, 3.63) is 0 Å². The average Bonchev–Trinajstić information content (AvgIpc) is 2.92. The molecule has 0 heterocycles. The highest BCUT2D eigenvalue weighted by Crippen LogP contribution is 2.12. The number of halogens is 6. The third-order valence-corrected chi connectivity index (χ3v) is 6.89. The number of hydrogen-bond acceptors (Lipinski definition) is 8. The van der Waals surface area contributed by atoms with Crippen LogP contribution in [0.3, 0.4) is 0 Å². The summed E-state index contributed by atoms with van der Waals surface area (Å²) in [6.07, 6.45) is -0.587. The van der Waals surface area contributed by atoms with Gasteiger partial charge in [-0.05, 0) is 12.8 Å². The highest BCUT2D eigenvalue weighted by molar-refractivity contribution is 5.77. The largest absolute Gasteiger partial charge is 0.542 e. The van der Waals surface area contributed by atoms with Crippen LogP contribution < -0.4 is 20.8 Å². The first-order valence-electron chi connectivity index (χ1n) is 15.6. The van der Waals surface area contributed by atoms with Crippen LogP contribution in [0.1, 0.15) is 71.6 Å². The van der Waals surface area contributed by atoms with Gasteiger partial charge in [0.25, 0.3) is 11.8 Å². The zero-order chi connectivity index (χ0) is 37.2. The second-order valence-corrected chi connectivity index (χ2v) is 11.6. The number of rotatable bonds is 22. The fourth-order valence-corrected chi connectivity index (χ4v) is 4.22. The summed E-state index contributed by atoms with van der Waals surface area (Å²) in [5.74, 6) is -5.96. The van der Waals surface area contributed by atoms with E-state index in [1.165, 1.54) is 25.7 Å². The maximum Gasteiger partial charge on any atom is 0.430 e. The normalized spacial score (nSPS) is 13.9. The van der Waals surface area contributed by atoms with Crippen molar-refractivity contribution in [2.75, 3.05) is 79.7 Å². The number of carboxylic acid groups (broad SMARTS) is 2. The molecule has 0 aromatic rings. The number of aliphatic hydroxyl groups is 2. The number of carbonyl (C=O) groups is 4. The van der Waals surface area contributed by atoms with Gasteiger partial charge in [0, 0.05) is 19.5 Å². The van der Waals surface area contributed by atoms with E-state index >= 15 is 0 Å². The van der Waals surface area contributed by atoms with Gasteiger partial charge in [-0.1, -0.05) is 52.4 Å². The van der Waals surface area contributed by atoms with E-state index in [1.807, 2.05) is 14.1 Å². The number of amides is 2. The highest BCUT2D eigenvalue weighted by Gasteiger charge is 2.30. The van der Waals surface area contributed by atoms with Crippen molar-refractivity contribution in [2.45, 2.75) is 84.0 Å². The first-order chi connectivity index (χ1) is 21.6. The topological polar surface area (TPSA) is 179 Å². The lowest BCUT2D eigenvalue weighted by Crippen LogP contribution is -2.56. The highest BCUT2D eigenvalue weighted by atomic mass is 19.4. The maximum absolute atomic E-state index is 12.4. The number of nitrogens with zero attached hydrogens (tertiary/aromatic N) is 2. The molecule has 0 rings (SSSR count). The van der Waals surface area contributed by atoms with E-state index in [-0.39, 0.29) is 25.0 Å². The van der Waals surface area contributed by atoms with Crippen LogP contribution in [0, 0.1) is 0 Å². The Hall–Kier alpha value is -2.70. The molecular weight excluding hydrogens is 646 g/mol. The molecule has 280 valence electrons. The zero-order valence-corrected chi connectivity index (χ0v) is 27.9. The van der Waals surface area contributed by atoms with Crippen molar-refractivity contribution in [3.63, 3.8) is 0 Å². The van der Waals surface area contributed by atoms with Crippen molar-refractivity contribution in [2.24, 2.45) is 0 Å². The summed E-state index contributed by atoms with van der Waals surface area (Å²) in [5.41, 5.74) is 0. The zero-order valence-electron chi connectivity index (χ0n) is 27.9. The number of alkyl halides is 6. The smallest absolute Gasteiger partial charge is 0.430 e. The summed E-state index contributed by atoms with van der Waals surface area (Å²) in [5, 5.41) is 42.7. The minimum atomic E-state index is -5.19. The Morgan fingerprint density at radius 3 is 1.11 bits per heavy atom. The van der Waals surface area contributed by atoms with Crippen molar-refractivity contribution in [1.29, 1.82) is 0 Å². The lowest BCUT2D eigenvalue weighted by atomic mass is 10.2. The molecule has 0 saturated carbocycles. The number of carboxylic acids is 2.